The van der Waals surface area contributed by atoms with Crippen LogP contribution in [0.25, 0.3) is 0 Å². The topological polar surface area (TPSA) is 35.5 Å². The van der Waals surface area contributed by atoms with Gasteiger partial charge in [0.15, 0.2) is 0 Å². The zero-order valence-electron chi connectivity index (χ0n) is 18.6. The number of piperidine rings is 2. The van der Waals surface area contributed by atoms with Gasteiger partial charge in [-0.3, -0.25) is 0 Å². The quantitative estimate of drug-likeness (QED) is 0.352. The number of nitrogens with zero attached hydrogens (tertiary/aromatic N) is 1. The van der Waals surface area contributed by atoms with E-state index in [1.807, 2.05) is 60.7 Å². The molecule has 0 N–H and O–H groups in total. The van der Waals surface area contributed by atoms with E-state index < -0.39 is 11.2 Å². The van der Waals surface area contributed by atoms with E-state index in [0.29, 0.717) is 12.1 Å². The Balaban J connectivity index is 1.34. The molecule has 2 aliphatic carbocycles. The van der Waals surface area contributed by atoms with Crippen molar-refractivity contribution in [1.82, 2.24) is 0 Å². The maximum atomic E-state index is 14.1. The lowest BCUT2D eigenvalue weighted by Gasteiger charge is -2.80. The number of hydrogen-bond donors (Lipinski definition) is 0. The van der Waals surface area contributed by atoms with Gasteiger partial charge in [0.05, 0.1) is 13.1 Å². The third kappa shape index (κ3) is 2.55. The summed E-state index contributed by atoms with van der Waals surface area (Å²) in [5.41, 5.74) is -0.327. The highest BCUT2D eigenvalue weighted by Crippen LogP contribution is 2.73. The minimum Gasteiger partial charge on any atom is -0.458 e. The summed E-state index contributed by atoms with van der Waals surface area (Å²) in [5, 5.41) is 0. The Labute approximate surface area is 195 Å². The molecule has 2 aliphatic heterocycles. The van der Waals surface area contributed by atoms with Gasteiger partial charge in [-0.15, -0.1) is 0 Å². The van der Waals surface area contributed by atoms with Crippen LogP contribution in [0.15, 0.2) is 60.7 Å². The third-order valence-corrected chi connectivity index (χ3v) is 9.09. The highest BCUT2D eigenvalue weighted by Gasteiger charge is 2.86. The third-order valence-electron chi connectivity index (χ3n) is 9.01. The fraction of sp³-hybridized carbons (Fsp3) is 0.519. The zero-order chi connectivity index (χ0) is 22.0. The molecular weight excluding hydrogens is 422 g/mol. The molecule has 2 aromatic rings. The van der Waals surface area contributed by atoms with Crippen LogP contribution in [0.1, 0.15) is 50.2 Å². The summed E-state index contributed by atoms with van der Waals surface area (Å²) >= 11 is 6.36. The van der Waals surface area contributed by atoms with Gasteiger partial charge in [0, 0.05) is 25.7 Å². The predicted molar refractivity (Wildman–Crippen MR) is 123 cm³/mol. The highest BCUT2D eigenvalue weighted by molar-refractivity contribution is 6.19. The van der Waals surface area contributed by atoms with Crippen LogP contribution in [-0.4, -0.2) is 47.3 Å². The number of benzene rings is 2. The van der Waals surface area contributed by atoms with Gasteiger partial charge in [-0.25, -0.2) is 4.79 Å². The Morgan fingerprint density at radius 1 is 1.03 bits per heavy atom. The zero-order valence-corrected chi connectivity index (χ0v) is 19.3. The first-order valence-corrected chi connectivity index (χ1v) is 12.5. The van der Waals surface area contributed by atoms with Crippen molar-refractivity contribution >= 4 is 17.6 Å². The average Bonchev–Trinajstić information content (AvgIpc) is 3.25. The second-order valence-corrected chi connectivity index (χ2v) is 10.8. The van der Waals surface area contributed by atoms with Crippen LogP contribution in [0.3, 0.4) is 0 Å². The lowest BCUT2D eigenvalue weighted by atomic mass is 9.39. The predicted octanol–water partition coefficient (Wildman–Crippen LogP) is 4.99. The molecule has 0 aromatic heterocycles. The van der Waals surface area contributed by atoms with E-state index in [9.17, 15) is 4.79 Å². The van der Waals surface area contributed by atoms with Crippen LogP contribution in [0.5, 0.6) is 0 Å². The van der Waals surface area contributed by atoms with E-state index in [1.54, 1.807) is 6.92 Å². The Hall–Kier alpha value is -1.88. The first kappa shape index (κ1) is 20.7. The molecule has 0 amide bonds. The van der Waals surface area contributed by atoms with E-state index in [2.05, 4.69) is 0 Å². The van der Waals surface area contributed by atoms with Gasteiger partial charge in [0.1, 0.15) is 29.2 Å². The normalized spacial score (nSPS) is 32.6. The Morgan fingerprint density at radius 3 is 2.09 bits per heavy atom. The molecule has 5 heteroatoms. The number of hydrogen-bond acceptors (Lipinski definition) is 3. The molecule has 0 radical (unpaired) electrons. The number of fused-ring (bicyclic) bond motifs is 2. The smallest absolute Gasteiger partial charge is 0.348 e. The van der Waals surface area contributed by atoms with Crippen LogP contribution in [0.2, 0.25) is 0 Å². The minimum atomic E-state index is -1.38. The molecule has 5 atom stereocenters. The van der Waals surface area contributed by atoms with E-state index in [-0.39, 0.29) is 17.5 Å². The van der Waals surface area contributed by atoms with E-state index in [1.165, 1.54) is 43.3 Å². The maximum absolute atomic E-state index is 14.1. The molecular formula is C27H31ClNO3+. The molecule has 2 saturated carbocycles. The summed E-state index contributed by atoms with van der Waals surface area (Å²) in [6.45, 7) is 4.40. The monoisotopic (exact) mass is 452 g/mol. The molecule has 2 aromatic carbocycles. The Bertz CT molecular complexity index is 955. The largest absolute Gasteiger partial charge is 0.458 e. The van der Waals surface area contributed by atoms with Gasteiger partial charge in [-0.2, -0.15) is 0 Å². The van der Waals surface area contributed by atoms with Gasteiger partial charge in [-0.05, 0) is 24.5 Å². The first-order valence-electron chi connectivity index (χ1n) is 12.0. The summed E-state index contributed by atoms with van der Waals surface area (Å²) < 4.78 is 14.0. The van der Waals surface area contributed by atoms with Gasteiger partial charge >= 0.3 is 5.97 Å². The number of quaternary nitrogens is 1. The number of halogens is 1. The van der Waals surface area contributed by atoms with Crippen LogP contribution >= 0.6 is 11.6 Å². The summed E-state index contributed by atoms with van der Waals surface area (Å²) in [7, 11) is 0. The van der Waals surface area contributed by atoms with Crippen LogP contribution < -0.4 is 0 Å². The number of carbonyl (C=O) groups excluding carboxylic acids is 1. The van der Waals surface area contributed by atoms with Crippen molar-refractivity contribution < 1.29 is 18.8 Å². The van der Waals surface area contributed by atoms with Crippen molar-refractivity contribution in [1.29, 1.82) is 0 Å². The average molecular weight is 453 g/mol. The molecule has 4 aliphatic rings. The number of esters is 1. The van der Waals surface area contributed by atoms with Gasteiger partial charge in [-0.1, -0.05) is 72.3 Å². The lowest BCUT2D eigenvalue weighted by molar-refractivity contribution is -1.05. The van der Waals surface area contributed by atoms with Crippen molar-refractivity contribution in [3.05, 3.63) is 71.8 Å². The molecule has 4 nitrogen and oxygen atoms in total. The van der Waals surface area contributed by atoms with Crippen molar-refractivity contribution in [2.24, 2.45) is 5.41 Å². The first-order chi connectivity index (χ1) is 15.5. The maximum Gasteiger partial charge on any atom is 0.348 e. The molecule has 2 spiro atoms. The number of carbonyl (C=O) groups is 1. The van der Waals surface area contributed by atoms with E-state index in [4.69, 9.17) is 21.1 Å². The van der Waals surface area contributed by atoms with Crippen molar-refractivity contribution in [3.63, 3.8) is 0 Å². The SMILES string of the molecule is CC(Cl)OC(C(=O)OC1CC2C13CCC3[N+]21CCCC1)(c1ccccc1)c1ccccc1. The summed E-state index contributed by atoms with van der Waals surface area (Å²) in [4.78, 5) is 14.1. The molecule has 4 fully saturated rings. The van der Waals surface area contributed by atoms with Gasteiger partial charge in [0.25, 0.3) is 0 Å². The molecule has 2 heterocycles. The van der Waals surface area contributed by atoms with Gasteiger partial charge < -0.3 is 14.0 Å². The van der Waals surface area contributed by atoms with Crippen LogP contribution in [0, 0.1) is 5.41 Å². The number of ether oxygens (including phenoxy) is 2. The van der Waals surface area contributed by atoms with Gasteiger partial charge in [0.2, 0.25) is 5.60 Å². The van der Waals surface area contributed by atoms with E-state index >= 15 is 0 Å². The number of alkyl halides is 1. The lowest BCUT2D eigenvalue weighted by Crippen LogP contribution is -2.94. The molecule has 5 unspecified atom stereocenters. The minimum absolute atomic E-state index is 0.0101. The van der Waals surface area contributed by atoms with Crippen molar-refractivity contribution in [3.8, 4) is 0 Å². The summed E-state index contributed by atoms with van der Waals surface area (Å²) in [6, 6.07) is 20.7. The molecule has 2 saturated heterocycles. The summed E-state index contributed by atoms with van der Waals surface area (Å²) in [6.07, 6.45) is 6.14. The summed E-state index contributed by atoms with van der Waals surface area (Å²) in [5.74, 6) is -0.342. The Kier molecular flexibility index (Phi) is 4.73. The van der Waals surface area contributed by atoms with Crippen LogP contribution in [-0.2, 0) is 19.9 Å². The molecule has 0 bridgehead atoms. The fourth-order valence-electron chi connectivity index (χ4n) is 7.72. The van der Waals surface area contributed by atoms with Crippen molar-refractivity contribution in [2.45, 2.75) is 68.4 Å². The second kappa shape index (κ2) is 7.31. The Morgan fingerprint density at radius 2 is 1.62 bits per heavy atom. The molecule has 32 heavy (non-hydrogen) atoms. The van der Waals surface area contributed by atoms with E-state index in [0.717, 1.165) is 17.5 Å². The van der Waals surface area contributed by atoms with Crippen molar-refractivity contribution in [2.75, 3.05) is 13.1 Å². The molecule has 6 rings (SSSR count). The van der Waals surface area contributed by atoms with Crippen LogP contribution in [0.4, 0.5) is 0 Å². The molecule has 168 valence electrons. The second-order valence-electron chi connectivity index (χ2n) is 10.1. The highest BCUT2D eigenvalue weighted by atomic mass is 35.5. The standard InChI is InChI=1S/C27H31ClNO3/c1-19(28)32-27(20-10-4-2-5-11-20,21-12-6-3-7-13-21)25(30)31-24-18-23-26(24)15-14-22(26)29(23)16-8-9-17-29/h2-7,10-13,19,22-24H,8-9,14-18H2,1H3/q+1. The fourth-order valence-corrected chi connectivity index (χ4v) is 7.85. The number of rotatable bonds is 6.